The zero-order chi connectivity index (χ0) is 22.9. The van der Waals surface area contributed by atoms with E-state index in [4.69, 9.17) is 26.1 Å². The van der Waals surface area contributed by atoms with Gasteiger partial charge >= 0.3 is 0 Å². The summed E-state index contributed by atoms with van der Waals surface area (Å²) in [6, 6.07) is 21.4. The van der Waals surface area contributed by atoms with Crippen LogP contribution in [0.4, 0.5) is 5.69 Å². The second-order valence-electron chi connectivity index (χ2n) is 8.08. The Morgan fingerprint density at radius 1 is 1.00 bits per heavy atom. The summed E-state index contributed by atoms with van der Waals surface area (Å²) < 4.78 is 13.3. The predicted octanol–water partition coefficient (Wildman–Crippen LogP) is 5.28. The molecule has 0 aliphatic carbocycles. The number of hydrogen-bond acceptors (Lipinski definition) is 4. The van der Waals surface area contributed by atoms with E-state index >= 15 is 0 Å². The van der Waals surface area contributed by atoms with Gasteiger partial charge < -0.3 is 18.9 Å². The van der Waals surface area contributed by atoms with E-state index in [0.29, 0.717) is 36.0 Å². The first-order chi connectivity index (χ1) is 16.1. The Morgan fingerprint density at radius 2 is 1.76 bits per heavy atom. The molecule has 1 atom stereocenters. The fraction of sp³-hybridized carbons (Fsp3) is 0.231. The highest BCUT2D eigenvalue weighted by molar-refractivity contribution is 6.31. The Morgan fingerprint density at radius 3 is 2.58 bits per heavy atom. The Hall–Kier alpha value is -3.51. The van der Waals surface area contributed by atoms with E-state index in [1.54, 1.807) is 37.3 Å². The maximum Gasteiger partial charge on any atom is 0.227 e. The Labute approximate surface area is 197 Å². The standard InChI is InChI=1S/C26H24ClN3O3/c1-32-23-10-6-3-7-17(23)15-30-21-9-5-4-8-20(21)28-26(30)18-13-25(31)29(16-18)22-14-19(27)11-12-24(22)33-2/h3-12,14,18H,13,15-16H2,1-2H3/t18-/m1/s1. The van der Waals surface area contributed by atoms with Crippen molar-refractivity contribution in [1.82, 2.24) is 9.55 Å². The molecule has 5 rings (SSSR count). The minimum atomic E-state index is -0.0664. The molecule has 4 aromatic rings. The Kier molecular flexibility index (Phi) is 5.68. The number of para-hydroxylation sites is 3. The summed E-state index contributed by atoms with van der Waals surface area (Å²) in [5, 5.41) is 0.561. The normalized spacial score (nSPS) is 15.9. The summed E-state index contributed by atoms with van der Waals surface area (Å²) in [4.78, 5) is 19.8. The van der Waals surface area contributed by atoms with Gasteiger partial charge in [-0.2, -0.15) is 0 Å². The first-order valence-corrected chi connectivity index (χ1v) is 11.2. The van der Waals surface area contributed by atoms with Gasteiger partial charge in [0.25, 0.3) is 0 Å². The van der Waals surface area contributed by atoms with Gasteiger partial charge in [0.2, 0.25) is 5.91 Å². The van der Waals surface area contributed by atoms with Crippen LogP contribution in [-0.2, 0) is 11.3 Å². The van der Waals surface area contributed by atoms with E-state index in [2.05, 4.69) is 16.7 Å². The number of hydrogen-bond donors (Lipinski definition) is 0. The molecule has 168 valence electrons. The Bertz CT molecular complexity index is 1330. The molecule has 1 aromatic heterocycles. The average molecular weight is 462 g/mol. The minimum absolute atomic E-state index is 0.0245. The molecule has 0 unspecified atom stereocenters. The average Bonchev–Trinajstić information content (AvgIpc) is 3.40. The number of benzene rings is 3. The number of methoxy groups -OCH3 is 2. The van der Waals surface area contributed by atoms with E-state index in [-0.39, 0.29) is 11.8 Å². The number of ether oxygens (including phenoxy) is 2. The lowest BCUT2D eigenvalue weighted by atomic mass is 10.1. The van der Waals surface area contributed by atoms with Crippen LogP contribution in [0.1, 0.15) is 23.7 Å². The van der Waals surface area contributed by atoms with Crippen molar-refractivity contribution in [1.29, 1.82) is 0 Å². The number of rotatable bonds is 6. The van der Waals surface area contributed by atoms with Gasteiger partial charge in [-0.05, 0) is 36.4 Å². The molecule has 6 nitrogen and oxygen atoms in total. The number of imidazole rings is 1. The number of carbonyl (C=O) groups excluding carboxylic acids is 1. The number of amides is 1. The molecule has 1 fully saturated rings. The molecule has 2 heterocycles. The summed E-state index contributed by atoms with van der Waals surface area (Å²) in [5.41, 5.74) is 3.69. The lowest BCUT2D eigenvalue weighted by Gasteiger charge is -2.20. The summed E-state index contributed by atoms with van der Waals surface area (Å²) in [7, 11) is 3.27. The fourth-order valence-corrected chi connectivity index (χ4v) is 4.73. The number of nitrogens with zero attached hydrogens (tertiary/aromatic N) is 3. The second-order valence-corrected chi connectivity index (χ2v) is 8.51. The largest absolute Gasteiger partial charge is 0.496 e. The first kappa shape index (κ1) is 21.3. The zero-order valence-corrected chi connectivity index (χ0v) is 19.2. The molecule has 1 amide bonds. The summed E-state index contributed by atoms with van der Waals surface area (Å²) in [6.45, 7) is 1.11. The fourth-order valence-electron chi connectivity index (χ4n) is 4.56. The lowest BCUT2D eigenvalue weighted by molar-refractivity contribution is -0.117. The molecule has 1 aliphatic heterocycles. The van der Waals surface area contributed by atoms with Gasteiger partial charge in [-0.15, -0.1) is 0 Å². The van der Waals surface area contributed by atoms with Crippen molar-refractivity contribution in [3.05, 3.63) is 83.1 Å². The van der Waals surface area contributed by atoms with Gasteiger partial charge in [0.1, 0.15) is 17.3 Å². The molecule has 7 heteroatoms. The monoisotopic (exact) mass is 461 g/mol. The van der Waals surface area contributed by atoms with Crippen LogP contribution in [-0.4, -0.2) is 36.2 Å². The molecule has 3 aromatic carbocycles. The van der Waals surface area contributed by atoms with Crippen LogP contribution in [0, 0.1) is 0 Å². The molecule has 0 radical (unpaired) electrons. The van der Waals surface area contributed by atoms with Crippen LogP contribution >= 0.6 is 11.6 Å². The highest BCUT2D eigenvalue weighted by atomic mass is 35.5. The predicted molar refractivity (Wildman–Crippen MR) is 130 cm³/mol. The second kappa shape index (κ2) is 8.79. The van der Waals surface area contributed by atoms with E-state index in [1.807, 2.05) is 36.4 Å². The van der Waals surface area contributed by atoms with Gasteiger partial charge in [-0.25, -0.2) is 4.98 Å². The number of fused-ring (bicyclic) bond motifs is 1. The highest BCUT2D eigenvalue weighted by Gasteiger charge is 2.36. The van der Waals surface area contributed by atoms with Gasteiger partial charge in [0.15, 0.2) is 0 Å². The number of anilines is 1. The van der Waals surface area contributed by atoms with Crippen LogP contribution < -0.4 is 14.4 Å². The summed E-state index contributed by atoms with van der Waals surface area (Å²) >= 11 is 6.23. The Balaban J connectivity index is 1.55. The molecular formula is C26H24ClN3O3. The quantitative estimate of drug-likeness (QED) is 0.392. The van der Waals surface area contributed by atoms with Gasteiger partial charge in [-0.1, -0.05) is 41.9 Å². The summed E-state index contributed by atoms with van der Waals surface area (Å²) in [5.74, 6) is 2.30. The van der Waals surface area contributed by atoms with Crippen molar-refractivity contribution >= 4 is 34.2 Å². The SMILES string of the molecule is COc1ccccc1Cn1c([C@@H]2CC(=O)N(c3cc(Cl)ccc3OC)C2)nc2ccccc21. The van der Waals surface area contributed by atoms with Crippen molar-refractivity contribution in [3.63, 3.8) is 0 Å². The van der Waals surface area contributed by atoms with Crippen LogP contribution in [0.25, 0.3) is 11.0 Å². The van der Waals surface area contributed by atoms with E-state index in [9.17, 15) is 4.79 Å². The smallest absolute Gasteiger partial charge is 0.227 e. The molecule has 0 spiro atoms. The summed E-state index contributed by atoms with van der Waals surface area (Å²) in [6.07, 6.45) is 0.366. The van der Waals surface area contributed by atoms with Crippen molar-refractivity contribution in [2.75, 3.05) is 25.7 Å². The van der Waals surface area contributed by atoms with E-state index in [0.717, 1.165) is 28.2 Å². The molecule has 0 saturated carbocycles. The molecule has 0 N–H and O–H groups in total. The first-order valence-electron chi connectivity index (χ1n) is 10.8. The third-order valence-corrected chi connectivity index (χ3v) is 6.36. The highest BCUT2D eigenvalue weighted by Crippen LogP contribution is 2.38. The molecule has 1 aliphatic rings. The third kappa shape index (κ3) is 3.91. The van der Waals surface area contributed by atoms with Crippen LogP contribution in [0.2, 0.25) is 5.02 Å². The minimum Gasteiger partial charge on any atom is -0.496 e. The van der Waals surface area contributed by atoms with Gasteiger partial charge in [0.05, 0.1) is 37.5 Å². The van der Waals surface area contributed by atoms with Crippen molar-refractivity contribution in [2.24, 2.45) is 0 Å². The molecular weight excluding hydrogens is 438 g/mol. The zero-order valence-electron chi connectivity index (χ0n) is 18.5. The van der Waals surface area contributed by atoms with Crippen LogP contribution in [0.15, 0.2) is 66.7 Å². The van der Waals surface area contributed by atoms with Crippen LogP contribution in [0.5, 0.6) is 11.5 Å². The molecule has 1 saturated heterocycles. The maximum absolute atomic E-state index is 13.1. The van der Waals surface area contributed by atoms with Gasteiger partial charge in [0, 0.05) is 29.5 Å². The maximum atomic E-state index is 13.1. The third-order valence-electron chi connectivity index (χ3n) is 6.13. The van der Waals surface area contributed by atoms with Crippen LogP contribution in [0.3, 0.4) is 0 Å². The number of carbonyl (C=O) groups is 1. The molecule has 33 heavy (non-hydrogen) atoms. The lowest BCUT2D eigenvalue weighted by Crippen LogP contribution is -2.25. The number of aromatic nitrogens is 2. The van der Waals surface area contributed by atoms with Crippen molar-refractivity contribution in [3.8, 4) is 11.5 Å². The van der Waals surface area contributed by atoms with Crippen molar-refractivity contribution < 1.29 is 14.3 Å². The topological polar surface area (TPSA) is 56.6 Å². The molecule has 0 bridgehead atoms. The number of halogens is 1. The van der Waals surface area contributed by atoms with Crippen molar-refractivity contribution in [2.45, 2.75) is 18.9 Å². The van der Waals surface area contributed by atoms with Gasteiger partial charge in [-0.3, -0.25) is 4.79 Å². The van der Waals surface area contributed by atoms with E-state index in [1.165, 1.54) is 0 Å². The van der Waals surface area contributed by atoms with E-state index < -0.39 is 0 Å².